The summed E-state index contributed by atoms with van der Waals surface area (Å²) in [5, 5.41) is 7.06. The Bertz CT molecular complexity index is 754. The van der Waals surface area contributed by atoms with Crippen LogP contribution in [0, 0.1) is 13.8 Å². The van der Waals surface area contributed by atoms with Gasteiger partial charge < -0.3 is 15.5 Å². The Morgan fingerprint density at radius 2 is 2.08 bits per heavy atom. The Labute approximate surface area is 158 Å². The smallest absolute Gasteiger partial charge is 0.315 e. The van der Waals surface area contributed by atoms with E-state index in [0.29, 0.717) is 6.54 Å². The van der Waals surface area contributed by atoms with Gasteiger partial charge >= 0.3 is 6.03 Å². The van der Waals surface area contributed by atoms with E-state index < -0.39 is 0 Å². The predicted molar refractivity (Wildman–Crippen MR) is 104 cm³/mol. The Kier molecular flexibility index (Phi) is 6.03. The molecule has 0 aliphatic carbocycles. The van der Waals surface area contributed by atoms with Gasteiger partial charge in [-0.05, 0) is 33.1 Å². The normalized spacial score (nSPS) is 15.1. The maximum atomic E-state index is 12.2. The van der Waals surface area contributed by atoms with Gasteiger partial charge in [-0.15, -0.1) is 11.3 Å². The third kappa shape index (κ3) is 4.69. The number of hydrogen-bond donors (Lipinski definition) is 2. The fraction of sp³-hybridized carbons (Fsp3) is 0.556. The summed E-state index contributed by atoms with van der Waals surface area (Å²) in [5.74, 6) is 0.982. The van der Waals surface area contributed by atoms with E-state index in [1.807, 2.05) is 13.8 Å². The molecule has 3 rings (SSSR count). The van der Waals surface area contributed by atoms with Crippen LogP contribution in [0.25, 0.3) is 0 Å². The number of nitrogens with zero attached hydrogens (tertiary/aromatic N) is 4. The standard InChI is InChI=1S/C18H26N6OS/c1-4-14-9-17(21-11-20-14)24-7-5-15(6-8-24)23-18(25)19-10-16-12(2)22-13(3)26-16/h9,11,15H,4-8,10H2,1-3H3,(H2,19,23,25). The number of hydrogen-bond acceptors (Lipinski definition) is 6. The molecule has 2 aromatic heterocycles. The van der Waals surface area contributed by atoms with E-state index in [9.17, 15) is 4.79 Å². The molecule has 1 saturated heterocycles. The summed E-state index contributed by atoms with van der Waals surface area (Å²) >= 11 is 1.63. The molecule has 140 valence electrons. The number of aryl methyl sites for hydroxylation is 3. The van der Waals surface area contributed by atoms with Crippen molar-refractivity contribution in [1.29, 1.82) is 0 Å². The van der Waals surface area contributed by atoms with Crippen molar-refractivity contribution in [2.75, 3.05) is 18.0 Å². The number of aromatic nitrogens is 3. The van der Waals surface area contributed by atoms with Gasteiger partial charge in [0, 0.05) is 35.8 Å². The minimum Gasteiger partial charge on any atom is -0.356 e. The number of amides is 2. The highest BCUT2D eigenvalue weighted by molar-refractivity contribution is 7.11. The van der Waals surface area contributed by atoms with Crippen molar-refractivity contribution in [3.63, 3.8) is 0 Å². The number of thiazole rings is 1. The third-order valence-electron chi connectivity index (χ3n) is 4.63. The molecule has 8 heteroatoms. The molecule has 1 fully saturated rings. The summed E-state index contributed by atoms with van der Waals surface area (Å²) in [6.07, 6.45) is 4.37. The highest BCUT2D eigenvalue weighted by Gasteiger charge is 2.21. The molecule has 2 N–H and O–H groups in total. The zero-order valence-electron chi connectivity index (χ0n) is 15.6. The van der Waals surface area contributed by atoms with Gasteiger partial charge in [0.15, 0.2) is 0 Å². The van der Waals surface area contributed by atoms with Crippen molar-refractivity contribution in [2.45, 2.75) is 52.6 Å². The number of piperidine rings is 1. The van der Waals surface area contributed by atoms with Gasteiger partial charge in [0.2, 0.25) is 0 Å². The molecule has 2 amide bonds. The van der Waals surface area contributed by atoms with Gasteiger partial charge in [-0.2, -0.15) is 0 Å². The molecule has 1 aliphatic rings. The zero-order valence-corrected chi connectivity index (χ0v) is 16.4. The van der Waals surface area contributed by atoms with E-state index >= 15 is 0 Å². The highest BCUT2D eigenvalue weighted by Crippen LogP contribution is 2.19. The van der Waals surface area contributed by atoms with Crippen molar-refractivity contribution in [2.24, 2.45) is 0 Å². The van der Waals surface area contributed by atoms with Crippen LogP contribution in [0.1, 0.15) is 41.0 Å². The van der Waals surface area contributed by atoms with Gasteiger partial charge in [0.05, 0.1) is 17.2 Å². The van der Waals surface area contributed by atoms with Crippen LogP contribution < -0.4 is 15.5 Å². The number of anilines is 1. The average Bonchev–Trinajstić information content (AvgIpc) is 2.98. The summed E-state index contributed by atoms with van der Waals surface area (Å²) in [5.41, 5.74) is 2.06. The molecule has 0 radical (unpaired) electrons. The maximum absolute atomic E-state index is 12.2. The third-order valence-corrected chi connectivity index (χ3v) is 5.71. The van der Waals surface area contributed by atoms with Gasteiger partial charge in [0.25, 0.3) is 0 Å². The highest BCUT2D eigenvalue weighted by atomic mass is 32.1. The summed E-state index contributed by atoms with van der Waals surface area (Å²) in [6, 6.07) is 2.15. The molecule has 0 spiro atoms. The van der Waals surface area contributed by atoms with Crippen molar-refractivity contribution in [1.82, 2.24) is 25.6 Å². The topological polar surface area (TPSA) is 83.0 Å². The molecule has 0 atom stereocenters. The molecule has 26 heavy (non-hydrogen) atoms. The molecular weight excluding hydrogens is 348 g/mol. The molecule has 0 unspecified atom stereocenters. The molecule has 3 heterocycles. The summed E-state index contributed by atoms with van der Waals surface area (Å²) in [6.45, 7) is 8.36. The van der Waals surface area contributed by atoms with Crippen LogP contribution in [0.4, 0.5) is 10.6 Å². The van der Waals surface area contributed by atoms with Crippen molar-refractivity contribution >= 4 is 23.2 Å². The Morgan fingerprint density at radius 1 is 1.31 bits per heavy atom. The fourth-order valence-electron chi connectivity index (χ4n) is 3.14. The monoisotopic (exact) mass is 374 g/mol. The van der Waals surface area contributed by atoms with Crippen LogP contribution in [0.15, 0.2) is 12.4 Å². The predicted octanol–water partition coefficient (Wildman–Crippen LogP) is 2.58. The first-order valence-electron chi connectivity index (χ1n) is 9.08. The van der Waals surface area contributed by atoms with E-state index in [1.54, 1.807) is 17.7 Å². The fourth-order valence-corrected chi connectivity index (χ4v) is 4.02. The van der Waals surface area contributed by atoms with Crippen LogP contribution in [-0.4, -0.2) is 40.1 Å². The van der Waals surface area contributed by atoms with E-state index in [4.69, 9.17) is 0 Å². The zero-order chi connectivity index (χ0) is 18.5. The van der Waals surface area contributed by atoms with E-state index in [-0.39, 0.29) is 12.1 Å². The minimum absolute atomic E-state index is 0.107. The lowest BCUT2D eigenvalue weighted by atomic mass is 10.1. The lowest BCUT2D eigenvalue weighted by Gasteiger charge is -2.33. The molecule has 0 bridgehead atoms. The number of rotatable bonds is 5. The average molecular weight is 375 g/mol. The summed E-state index contributed by atoms with van der Waals surface area (Å²) in [4.78, 5) is 28.6. The molecule has 0 aromatic carbocycles. The molecule has 0 saturated carbocycles. The van der Waals surface area contributed by atoms with Crippen LogP contribution in [-0.2, 0) is 13.0 Å². The Morgan fingerprint density at radius 3 is 2.73 bits per heavy atom. The largest absolute Gasteiger partial charge is 0.356 e. The molecule has 2 aromatic rings. The van der Waals surface area contributed by atoms with Gasteiger partial charge in [-0.25, -0.2) is 19.7 Å². The maximum Gasteiger partial charge on any atom is 0.315 e. The first kappa shape index (κ1) is 18.6. The SMILES string of the molecule is CCc1cc(N2CCC(NC(=O)NCc3sc(C)nc3C)CC2)ncn1. The first-order valence-corrected chi connectivity index (χ1v) is 9.90. The van der Waals surface area contributed by atoms with E-state index in [0.717, 1.165) is 59.4 Å². The van der Waals surface area contributed by atoms with Crippen LogP contribution in [0.5, 0.6) is 0 Å². The first-order chi connectivity index (χ1) is 12.5. The van der Waals surface area contributed by atoms with Crippen LogP contribution in [0.3, 0.4) is 0 Å². The lowest BCUT2D eigenvalue weighted by Crippen LogP contribution is -2.48. The molecule has 7 nitrogen and oxygen atoms in total. The van der Waals surface area contributed by atoms with Crippen LogP contribution >= 0.6 is 11.3 Å². The van der Waals surface area contributed by atoms with Gasteiger partial charge in [-0.3, -0.25) is 0 Å². The van der Waals surface area contributed by atoms with Crippen LogP contribution in [0.2, 0.25) is 0 Å². The van der Waals surface area contributed by atoms with E-state index in [1.165, 1.54) is 0 Å². The second-order valence-corrected chi connectivity index (χ2v) is 7.84. The lowest BCUT2D eigenvalue weighted by molar-refractivity contribution is 0.234. The minimum atomic E-state index is -0.107. The van der Waals surface area contributed by atoms with Crippen molar-refractivity contribution in [3.8, 4) is 0 Å². The van der Waals surface area contributed by atoms with Gasteiger partial charge in [-0.1, -0.05) is 6.92 Å². The number of carbonyl (C=O) groups excluding carboxylic acids is 1. The Hall–Kier alpha value is -2.22. The molecular formula is C18H26N6OS. The second-order valence-electron chi connectivity index (χ2n) is 6.55. The van der Waals surface area contributed by atoms with Crippen molar-refractivity contribution in [3.05, 3.63) is 33.7 Å². The summed E-state index contributed by atoms with van der Waals surface area (Å²) < 4.78 is 0. The quantitative estimate of drug-likeness (QED) is 0.840. The number of nitrogens with one attached hydrogen (secondary N) is 2. The second kappa shape index (κ2) is 8.44. The Balaban J connectivity index is 1.44. The molecule has 1 aliphatic heterocycles. The number of carbonyl (C=O) groups is 1. The number of urea groups is 1. The van der Waals surface area contributed by atoms with E-state index in [2.05, 4.69) is 43.5 Å². The summed E-state index contributed by atoms with van der Waals surface area (Å²) in [7, 11) is 0. The van der Waals surface area contributed by atoms with Gasteiger partial charge in [0.1, 0.15) is 12.1 Å². The van der Waals surface area contributed by atoms with Crippen molar-refractivity contribution < 1.29 is 4.79 Å².